The van der Waals surface area contributed by atoms with Gasteiger partial charge in [0.1, 0.15) is 4.83 Å². The highest BCUT2D eigenvalue weighted by Crippen LogP contribution is 2.12. The molecular formula is C8H12Br2O4. The van der Waals surface area contributed by atoms with E-state index in [0.717, 1.165) is 0 Å². The molecule has 1 unspecified atom stereocenters. The Hall–Kier alpha value is -0.100. The van der Waals surface area contributed by atoms with Crippen LogP contribution in [-0.2, 0) is 18.2 Å². The Labute approximate surface area is 99.9 Å². The van der Waals surface area contributed by atoms with Gasteiger partial charge >= 0.3 is 11.9 Å². The van der Waals surface area contributed by atoms with Gasteiger partial charge in [0.05, 0.1) is 6.61 Å². The van der Waals surface area contributed by atoms with E-state index in [0.29, 0.717) is 19.4 Å². The Kier molecular flexibility index (Phi) is 8.17. The fourth-order valence-electron chi connectivity index (χ4n) is 0.815. The van der Waals surface area contributed by atoms with Gasteiger partial charge in [-0.25, -0.2) is 0 Å². The maximum Gasteiger partial charge on any atom is 0.319 e. The molecule has 0 bridgehead atoms. The van der Waals surface area contributed by atoms with Crippen LogP contribution in [0, 0.1) is 0 Å². The molecule has 4 nitrogen and oxygen atoms in total. The smallest absolute Gasteiger partial charge is 0.319 e. The zero-order chi connectivity index (χ0) is 11.0. The Balaban J connectivity index is 3.58. The summed E-state index contributed by atoms with van der Waals surface area (Å²) < 4.78 is 9.06. The fourth-order valence-corrected chi connectivity index (χ4v) is 1.43. The van der Waals surface area contributed by atoms with Crippen LogP contribution in [0.5, 0.6) is 0 Å². The predicted octanol–water partition coefficient (Wildman–Crippen LogP) is 2.34. The molecule has 0 rings (SSSR count). The average molecular weight is 332 g/mol. The molecular weight excluding hydrogens is 320 g/mol. The maximum atomic E-state index is 11.1. The summed E-state index contributed by atoms with van der Waals surface area (Å²) in [6.45, 7) is 2.12. The summed E-state index contributed by atoms with van der Waals surface area (Å²) in [7, 11) is 0. The molecule has 0 heterocycles. The van der Waals surface area contributed by atoms with Gasteiger partial charge < -0.3 is 8.57 Å². The average Bonchev–Trinajstić information content (AvgIpc) is 2.17. The summed E-state index contributed by atoms with van der Waals surface area (Å²) in [5, 5.41) is 0. The minimum Gasteiger partial charge on any atom is -0.465 e. The van der Waals surface area contributed by atoms with Crippen LogP contribution in [0.4, 0.5) is 0 Å². The van der Waals surface area contributed by atoms with Gasteiger partial charge in [0.25, 0.3) is 0 Å². The molecule has 1 atom stereocenters. The minimum atomic E-state index is -0.342. The van der Waals surface area contributed by atoms with Gasteiger partial charge in [-0.2, -0.15) is 0 Å². The van der Waals surface area contributed by atoms with Crippen molar-refractivity contribution in [2.75, 3.05) is 6.61 Å². The quantitative estimate of drug-likeness (QED) is 0.553. The maximum absolute atomic E-state index is 11.1. The van der Waals surface area contributed by atoms with Crippen molar-refractivity contribution in [2.45, 2.75) is 31.0 Å². The molecule has 14 heavy (non-hydrogen) atoms. The van der Waals surface area contributed by atoms with Crippen LogP contribution in [0.3, 0.4) is 0 Å². The van der Waals surface area contributed by atoms with Crippen LogP contribution in [0.1, 0.15) is 26.2 Å². The predicted molar refractivity (Wildman–Crippen MR) is 58.2 cm³/mol. The van der Waals surface area contributed by atoms with E-state index < -0.39 is 0 Å². The van der Waals surface area contributed by atoms with Crippen molar-refractivity contribution in [1.29, 1.82) is 0 Å². The van der Waals surface area contributed by atoms with Crippen LogP contribution < -0.4 is 0 Å². The number of ether oxygens (including phenoxy) is 1. The lowest BCUT2D eigenvalue weighted by Crippen LogP contribution is -2.17. The molecule has 0 aliphatic carbocycles. The highest BCUT2D eigenvalue weighted by atomic mass is 79.9. The Morgan fingerprint density at radius 2 is 2.07 bits per heavy atom. The Morgan fingerprint density at radius 1 is 1.43 bits per heavy atom. The minimum absolute atomic E-state index is 0.284. The number of hydrogen-bond acceptors (Lipinski definition) is 4. The van der Waals surface area contributed by atoms with Crippen LogP contribution in [0.25, 0.3) is 0 Å². The van der Waals surface area contributed by atoms with Gasteiger partial charge in [-0.1, -0.05) is 15.9 Å². The lowest BCUT2D eigenvalue weighted by atomic mass is 10.2. The van der Waals surface area contributed by atoms with Crippen molar-refractivity contribution in [3.05, 3.63) is 0 Å². The second-order valence-corrected chi connectivity index (χ2v) is 3.99. The molecule has 0 N–H and O–H groups in total. The first kappa shape index (κ1) is 13.9. The third kappa shape index (κ3) is 6.37. The standard InChI is InChI=1S/C8H12Br2O4/c1-2-13-8(12)6(9)4-3-5-7(11)14-10/h6H,2-5H2,1H3. The van der Waals surface area contributed by atoms with Crippen LogP contribution in [0.15, 0.2) is 0 Å². The highest BCUT2D eigenvalue weighted by Gasteiger charge is 2.15. The van der Waals surface area contributed by atoms with Gasteiger partial charge in [0.15, 0.2) is 16.3 Å². The van der Waals surface area contributed by atoms with Gasteiger partial charge in [-0.15, -0.1) is 0 Å². The van der Waals surface area contributed by atoms with Gasteiger partial charge in [0, 0.05) is 6.42 Å². The molecule has 6 heteroatoms. The summed E-state index contributed by atoms with van der Waals surface area (Å²) >= 11 is 5.76. The molecule has 0 aromatic rings. The van der Waals surface area contributed by atoms with Gasteiger partial charge in [-0.3, -0.25) is 9.59 Å². The number of alkyl halides is 1. The van der Waals surface area contributed by atoms with Gasteiger partial charge in [0.2, 0.25) is 0 Å². The number of carbonyl (C=O) groups is 2. The first-order valence-electron chi connectivity index (χ1n) is 4.24. The summed E-state index contributed by atoms with van der Waals surface area (Å²) in [5.41, 5.74) is 0. The van der Waals surface area contributed by atoms with E-state index in [1.54, 1.807) is 6.92 Å². The van der Waals surface area contributed by atoms with E-state index >= 15 is 0 Å². The molecule has 0 fully saturated rings. The zero-order valence-electron chi connectivity index (χ0n) is 7.79. The van der Waals surface area contributed by atoms with Crippen LogP contribution in [0.2, 0.25) is 0 Å². The first-order valence-corrected chi connectivity index (χ1v) is 5.80. The van der Waals surface area contributed by atoms with Crippen LogP contribution in [-0.4, -0.2) is 23.4 Å². The molecule has 0 aliphatic heterocycles. The van der Waals surface area contributed by atoms with Gasteiger partial charge in [-0.05, 0) is 19.8 Å². The number of hydrogen-bond donors (Lipinski definition) is 0. The van der Waals surface area contributed by atoms with E-state index in [1.165, 1.54) is 0 Å². The molecule has 0 radical (unpaired) electrons. The van der Waals surface area contributed by atoms with Crippen molar-refractivity contribution in [1.82, 2.24) is 0 Å². The number of rotatable bonds is 6. The lowest BCUT2D eigenvalue weighted by Gasteiger charge is -2.07. The second kappa shape index (κ2) is 8.23. The van der Waals surface area contributed by atoms with Crippen molar-refractivity contribution in [3.8, 4) is 0 Å². The molecule has 0 aromatic carbocycles. The van der Waals surface area contributed by atoms with Crippen molar-refractivity contribution in [3.63, 3.8) is 0 Å². The summed E-state index contributed by atoms with van der Waals surface area (Å²) in [5.74, 6) is -0.631. The Bertz CT molecular complexity index is 196. The van der Waals surface area contributed by atoms with E-state index in [-0.39, 0.29) is 23.2 Å². The molecule has 0 spiro atoms. The zero-order valence-corrected chi connectivity index (χ0v) is 11.0. The van der Waals surface area contributed by atoms with Crippen molar-refractivity contribution in [2.24, 2.45) is 0 Å². The first-order chi connectivity index (χ1) is 6.61. The monoisotopic (exact) mass is 330 g/mol. The van der Waals surface area contributed by atoms with E-state index in [4.69, 9.17) is 4.74 Å². The molecule has 82 valence electrons. The molecule has 0 saturated carbocycles. The highest BCUT2D eigenvalue weighted by molar-refractivity contribution is 9.10. The topological polar surface area (TPSA) is 52.6 Å². The van der Waals surface area contributed by atoms with Crippen LogP contribution >= 0.6 is 32.2 Å². The van der Waals surface area contributed by atoms with Crippen molar-refractivity contribution >= 4 is 44.1 Å². The normalized spacial score (nSPS) is 11.9. The Morgan fingerprint density at radius 3 is 2.57 bits per heavy atom. The molecule has 0 saturated heterocycles. The summed E-state index contributed by atoms with van der Waals surface area (Å²) in [4.78, 5) is 21.4. The van der Waals surface area contributed by atoms with Crippen molar-refractivity contribution < 1.29 is 18.2 Å². The lowest BCUT2D eigenvalue weighted by molar-refractivity contribution is -0.142. The van der Waals surface area contributed by atoms with E-state index in [2.05, 4.69) is 36.0 Å². The number of carbonyl (C=O) groups excluding carboxylic acids is 2. The second-order valence-electron chi connectivity index (χ2n) is 2.56. The number of esters is 1. The molecule has 0 aromatic heterocycles. The molecule has 0 aliphatic rings. The third-order valence-corrected chi connectivity index (χ3v) is 2.66. The summed E-state index contributed by atoms with van der Waals surface area (Å²) in [6.07, 6.45) is 1.42. The SMILES string of the molecule is CCOC(=O)C(Br)CCCC(=O)OBr. The van der Waals surface area contributed by atoms with E-state index in [9.17, 15) is 9.59 Å². The van der Waals surface area contributed by atoms with E-state index in [1.807, 2.05) is 0 Å². The third-order valence-electron chi connectivity index (χ3n) is 1.47. The largest absolute Gasteiger partial charge is 0.465 e. The summed E-state index contributed by atoms with van der Waals surface area (Å²) in [6, 6.07) is 0. The fraction of sp³-hybridized carbons (Fsp3) is 0.750. The number of halogens is 2. The molecule has 0 amide bonds.